The van der Waals surface area contributed by atoms with Crippen molar-refractivity contribution in [1.29, 1.82) is 0 Å². The van der Waals surface area contributed by atoms with Crippen molar-refractivity contribution in [2.75, 3.05) is 5.73 Å². The Morgan fingerprint density at radius 1 is 1.35 bits per heavy atom. The van der Waals surface area contributed by atoms with Gasteiger partial charge < -0.3 is 10.8 Å². The molecule has 2 rings (SSSR count). The molecular weight excluding hydrogens is 268 g/mol. The molecule has 0 aliphatic carbocycles. The van der Waals surface area contributed by atoms with Crippen LogP contribution in [0.25, 0.3) is 0 Å². The number of aromatic carboxylic acids is 1. The van der Waals surface area contributed by atoms with Crippen molar-refractivity contribution >= 4 is 11.8 Å². The van der Waals surface area contributed by atoms with Crippen LogP contribution in [0.3, 0.4) is 0 Å². The highest BCUT2D eigenvalue weighted by atomic mass is 19.1. The number of carboxylic acid groups (broad SMARTS) is 1. The molecular formula is C13H11F2N3O2. The number of hydrogen-bond acceptors (Lipinski definition) is 4. The number of nitrogens with two attached hydrogens (primary N) is 1. The van der Waals surface area contributed by atoms with E-state index in [2.05, 4.69) is 9.97 Å². The maximum absolute atomic E-state index is 13.5. The van der Waals surface area contributed by atoms with Gasteiger partial charge in [-0.3, -0.25) is 0 Å². The van der Waals surface area contributed by atoms with Gasteiger partial charge in [0.1, 0.15) is 28.8 Å². The molecule has 0 fully saturated rings. The van der Waals surface area contributed by atoms with Crippen LogP contribution in [0.1, 0.15) is 27.4 Å². The van der Waals surface area contributed by atoms with Crippen molar-refractivity contribution in [1.82, 2.24) is 9.97 Å². The van der Waals surface area contributed by atoms with Crippen LogP contribution in [0.2, 0.25) is 0 Å². The summed E-state index contributed by atoms with van der Waals surface area (Å²) in [6, 6.07) is 3.17. The number of carbonyl (C=O) groups is 1. The molecule has 0 aliphatic rings. The fourth-order valence-corrected chi connectivity index (χ4v) is 1.83. The van der Waals surface area contributed by atoms with Crippen molar-refractivity contribution in [3.05, 3.63) is 52.5 Å². The summed E-state index contributed by atoms with van der Waals surface area (Å²) in [7, 11) is 0. The lowest BCUT2D eigenvalue weighted by Crippen LogP contribution is -2.12. The Labute approximate surface area is 113 Å². The smallest absolute Gasteiger partial charge is 0.341 e. The number of anilines is 1. The third-order valence-electron chi connectivity index (χ3n) is 2.74. The van der Waals surface area contributed by atoms with E-state index in [1.807, 2.05) is 0 Å². The van der Waals surface area contributed by atoms with E-state index in [0.29, 0.717) is 0 Å². The highest BCUT2D eigenvalue weighted by Gasteiger charge is 2.16. The van der Waals surface area contributed by atoms with Crippen LogP contribution in [0.4, 0.5) is 14.6 Å². The van der Waals surface area contributed by atoms with Gasteiger partial charge in [0.25, 0.3) is 0 Å². The molecule has 3 N–H and O–H groups in total. The van der Waals surface area contributed by atoms with E-state index in [4.69, 9.17) is 10.8 Å². The van der Waals surface area contributed by atoms with Crippen molar-refractivity contribution in [3.63, 3.8) is 0 Å². The molecule has 7 heteroatoms. The molecule has 0 radical (unpaired) electrons. The van der Waals surface area contributed by atoms with E-state index in [9.17, 15) is 13.6 Å². The number of hydrogen-bond donors (Lipinski definition) is 2. The van der Waals surface area contributed by atoms with E-state index >= 15 is 0 Å². The molecule has 20 heavy (non-hydrogen) atoms. The molecule has 5 nitrogen and oxygen atoms in total. The molecule has 0 atom stereocenters. The molecule has 1 heterocycles. The molecule has 0 saturated heterocycles. The lowest BCUT2D eigenvalue weighted by atomic mass is 10.1. The van der Waals surface area contributed by atoms with Gasteiger partial charge in [0.2, 0.25) is 0 Å². The summed E-state index contributed by atoms with van der Waals surface area (Å²) in [6.45, 7) is 1.48. The van der Waals surface area contributed by atoms with Gasteiger partial charge in [0.15, 0.2) is 0 Å². The van der Waals surface area contributed by atoms with Gasteiger partial charge in [-0.15, -0.1) is 0 Å². The summed E-state index contributed by atoms with van der Waals surface area (Å²) in [6.07, 6.45) is -0.00292. The average Bonchev–Trinajstić information content (AvgIpc) is 2.31. The van der Waals surface area contributed by atoms with E-state index in [0.717, 1.165) is 12.1 Å². The maximum atomic E-state index is 13.5. The highest BCUT2D eigenvalue weighted by Crippen LogP contribution is 2.17. The Morgan fingerprint density at radius 3 is 2.60 bits per heavy atom. The zero-order valence-corrected chi connectivity index (χ0v) is 10.5. The first-order valence-electron chi connectivity index (χ1n) is 5.68. The number of nitrogen functional groups attached to an aromatic ring is 1. The molecule has 2 aromatic rings. The normalized spacial score (nSPS) is 10.6. The van der Waals surface area contributed by atoms with Gasteiger partial charge in [0, 0.05) is 12.5 Å². The minimum absolute atomic E-state index is 0.00292. The van der Waals surface area contributed by atoms with E-state index in [-0.39, 0.29) is 34.9 Å². The van der Waals surface area contributed by atoms with Crippen molar-refractivity contribution in [2.45, 2.75) is 13.3 Å². The van der Waals surface area contributed by atoms with Crippen molar-refractivity contribution < 1.29 is 18.7 Å². The Bertz CT molecular complexity index is 666. The van der Waals surface area contributed by atoms with Gasteiger partial charge in [-0.2, -0.15) is 0 Å². The Kier molecular flexibility index (Phi) is 3.60. The summed E-state index contributed by atoms with van der Waals surface area (Å²) in [5.41, 5.74) is 5.78. The summed E-state index contributed by atoms with van der Waals surface area (Å²) >= 11 is 0. The second-order valence-corrected chi connectivity index (χ2v) is 4.20. The molecule has 0 amide bonds. The first-order valence-corrected chi connectivity index (χ1v) is 5.68. The zero-order chi connectivity index (χ0) is 14.9. The number of aryl methyl sites for hydroxylation is 1. The summed E-state index contributed by atoms with van der Waals surface area (Å²) in [5.74, 6) is -2.62. The number of halogens is 2. The second kappa shape index (κ2) is 5.20. The van der Waals surface area contributed by atoms with Gasteiger partial charge in [-0.25, -0.2) is 23.5 Å². The first kappa shape index (κ1) is 13.9. The Morgan fingerprint density at radius 2 is 2.05 bits per heavy atom. The Balaban J connectivity index is 2.37. The quantitative estimate of drug-likeness (QED) is 0.896. The number of carboxylic acids is 1. The average molecular weight is 279 g/mol. The van der Waals surface area contributed by atoms with Gasteiger partial charge in [0.05, 0.1) is 5.69 Å². The van der Waals surface area contributed by atoms with Gasteiger partial charge in [-0.05, 0) is 18.6 Å². The molecule has 1 aromatic carbocycles. The summed E-state index contributed by atoms with van der Waals surface area (Å²) in [4.78, 5) is 18.8. The number of benzene rings is 1. The molecule has 0 aliphatic heterocycles. The Hall–Kier alpha value is -2.57. The van der Waals surface area contributed by atoms with Gasteiger partial charge in [-0.1, -0.05) is 6.07 Å². The van der Waals surface area contributed by atoms with Crippen LogP contribution < -0.4 is 5.73 Å². The lowest BCUT2D eigenvalue weighted by molar-refractivity contribution is 0.0696. The molecule has 0 unspecified atom stereocenters. The third-order valence-corrected chi connectivity index (χ3v) is 2.74. The highest BCUT2D eigenvalue weighted by molar-refractivity contribution is 5.93. The third kappa shape index (κ3) is 2.71. The maximum Gasteiger partial charge on any atom is 0.341 e. The standard InChI is InChI=1S/C13H11F2N3O2/c1-6-11(13(19)20)12(16)18-10(17-6)4-7-2-3-8(14)5-9(7)15/h2-3,5H,4H2,1H3,(H,19,20)(H2,16,17,18). The number of aromatic nitrogens is 2. The number of nitrogens with zero attached hydrogens (tertiary/aromatic N) is 2. The molecule has 0 saturated carbocycles. The van der Waals surface area contributed by atoms with Crippen LogP contribution in [0.5, 0.6) is 0 Å². The van der Waals surface area contributed by atoms with E-state index in [1.54, 1.807) is 0 Å². The van der Waals surface area contributed by atoms with Crippen LogP contribution >= 0.6 is 0 Å². The van der Waals surface area contributed by atoms with Crippen molar-refractivity contribution in [3.8, 4) is 0 Å². The van der Waals surface area contributed by atoms with E-state index < -0.39 is 17.6 Å². The van der Waals surface area contributed by atoms with E-state index in [1.165, 1.54) is 13.0 Å². The molecule has 0 spiro atoms. The largest absolute Gasteiger partial charge is 0.477 e. The predicted molar refractivity (Wildman–Crippen MR) is 67.3 cm³/mol. The minimum Gasteiger partial charge on any atom is -0.477 e. The molecule has 0 bridgehead atoms. The summed E-state index contributed by atoms with van der Waals surface area (Å²) in [5, 5.41) is 8.94. The first-order chi connectivity index (χ1) is 9.38. The minimum atomic E-state index is -1.22. The molecule has 104 valence electrons. The van der Waals surface area contributed by atoms with Gasteiger partial charge >= 0.3 is 5.97 Å². The van der Waals surface area contributed by atoms with Crippen LogP contribution in [0, 0.1) is 18.6 Å². The van der Waals surface area contributed by atoms with Crippen LogP contribution in [-0.4, -0.2) is 21.0 Å². The predicted octanol–water partition coefficient (Wildman–Crippen LogP) is 1.93. The fourth-order valence-electron chi connectivity index (χ4n) is 1.83. The second-order valence-electron chi connectivity index (χ2n) is 4.20. The van der Waals surface area contributed by atoms with Crippen LogP contribution in [0.15, 0.2) is 18.2 Å². The van der Waals surface area contributed by atoms with Crippen LogP contribution in [-0.2, 0) is 6.42 Å². The fraction of sp³-hybridized carbons (Fsp3) is 0.154. The monoisotopic (exact) mass is 279 g/mol. The SMILES string of the molecule is Cc1nc(Cc2ccc(F)cc2F)nc(N)c1C(=O)O. The zero-order valence-electron chi connectivity index (χ0n) is 10.5. The summed E-state index contributed by atoms with van der Waals surface area (Å²) < 4.78 is 26.3. The number of rotatable bonds is 3. The molecule has 1 aromatic heterocycles. The lowest BCUT2D eigenvalue weighted by Gasteiger charge is -2.08. The topological polar surface area (TPSA) is 89.1 Å². The van der Waals surface area contributed by atoms with Crippen molar-refractivity contribution in [2.24, 2.45) is 0 Å².